The third-order valence-corrected chi connectivity index (χ3v) is 2.99. The van der Waals surface area contributed by atoms with Crippen LogP contribution in [0.5, 0.6) is 0 Å². The van der Waals surface area contributed by atoms with E-state index in [0.717, 1.165) is 4.90 Å². The Morgan fingerprint density at radius 2 is 2.00 bits per heavy atom. The molecule has 1 fully saturated rings. The molecule has 0 spiro atoms. The van der Waals surface area contributed by atoms with Crippen LogP contribution in [0.2, 0.25) is 0 Å². The molecule has 96 valence electrons. The molecule has 6 heteroatoms. The van der Waals surface area contributed by atoms with Crippen LogP contribution in [0.15, 0.2) is 0 Å². The van der Waals surface area contributed by atoms with Crippen molar-refractivity contribution in [1.82, 2.24) is 4.90 Å². The molecule has 1 aliphatic rings. The first-order valence-corrected chi connectivity index (χ1v) is 5.46. The van der Waals surface area contributed by atoms with E-state index in [9.17, 15) is 18.0 Å². The average molecular weight is 248 g/mol. The second-order valence-electron chi connectivity index (χ2n) is 4.87. The highest BCUT2D eigenvalue weighted by Gasteiger charge is 2.44. The van der Waals surface area contributed by atoms with Crippen molar-refractivity contribution in [3.63, 3.8) is 0 Å². The lowest BCUT2D eigenvalue weighted by atomic mass is 9.90. The third kappa shape index (κ3) is 3.11. The minimum Gasteiger partial charge on any atom is -0.341 e. The molecule has 3 nitrogen and oxygen atoms in total. The average Bonchev–Trinajstić information content (AvgIpc) is 2.27. The molecule has 0 radical (unpaired) electrons. The Bertz CT molecular complexity index is 344. The van der Waals surface area contributed by atoms with Gasteiger partial charge in [0.15, 0.2) is 0 Å². The van der Waals surface area contributed by atoms with Crippen LogP contribution in [-0.4, -0.2) is 30.1 Å². The zero-order valence-electron chi connectivity index (χ0n) is 9.84. The Balaban J connectivity index is 2.75. The first-order chi connectivity index (χ1) is 7.68. The maximum absolute atomic E-state index is 12.6. The highest BCUT2D eigenvalue weighted by Crippen LogP contribution is 2.34. The van der Waals surface area contributed by atoms with Crippen LogP contribution in [0.3, 0.4) is 0 Å². The zero-order chi connectivity index (χ0) is 13.3. The SMILES string of the molecule is CC(C)(C#N)C(=O)N1CCCC(C(F)(F)F)C1. The van der Waals surface area contributed by atoms with Crippen LogP contribution in [0.25, 0.3) is 0 Å². The molecule has 0 aliphatic carbocycles. The summed E-state index contributed by atoms with van der Waals surface area (Å²) in [7, 11) is 0. The van der Waals surface area contributed by atoms with Crippen LogP contribution < -0.4 is 0 Å². The van der Waals surface area contributed by atoms with E-state index < -0.39 is 23.4 Å². The number of nitrogens with zero attached hydrogens (tertiary/aromatic N) is 2. The number of hydrogen-bond acceptors (Lipinski definition) is 2. The van der Waals surface area contributed by atoms with Gasteiger partial charge in [-0.05, 0) is 26.7 Å². The number of nitriles is 1. The summed E-state index contributed by atoms with van der Waals surface area (Å²) in [4.78, 5) is 13.0. The fourth-order valence-electron chi connectivity index (χ4n) is 1.87. The van der Waals surface area contributed by atoms with Gasteiger partial charge in [0.2, 0.25) is 5.91 Å². The van der Waals surface area contributed by atoms with Gasteiger partial charge in [-0.2, -0.15) is 18.4 Å². The van der Waals surface area contributed by atoms with Gasteiger partial charge >= 0.3 is 6.18 Å². The predicted octanol–water partition coefficient (Wildman–Crippen LogP) is 2.34. The van der Waals surface area contributed by atoms with E-state index in [1.54, 1.807) is 0 Å². The molecule has 0 aromatic rings. The van der Waals surface area contributed by atoms with E-state index in [1.807, 2.05) is 6.07 Å². The van der Waals surface area contributed by atoms with Gasteiger partial charge in [0, 0.05) is 13.1 Å². The number of carbonyl (C=O) groups is 1. The number of carbonyl (C=O) groups excluding carboxylic acids is 1. The molecular weight excluding hydrogens is 233 g/mol. The molecule has 0 N–H and O–H groups in total. The Labute approximate surface area is 98.2 Å². The quantitative estimate of drug-likeness (QED) is 0.714. The fraction of sp³-hybridized carbons (Fsp3) is 0.818. The molecule has 0 bridgehead atoms. The van der Waals surface area contributed by atoms with Crippen molar-refractivity contribution in [1.29, 1.82) is 5.26 Å². The van der Waals surface area contributed by atoms with Gasteiger partial charge in [-0.25, -0.2) is 0 Å². The summed E-state index contributed by atoms with van der Waals surface area (Å²) in [5, 5.41) is 8.80. The van der Waals surface area contributed by atoms with Crippen LogP contribution in [-0.2, 0) is 4.79 Å². The van der Waals surface area contributed by atoms with Crippen LogP contribution in [0.1, 0.15) is 26.7 Å². The number of amides is 1. The maximum atomic E-state index is 12.6. The van der Waals surface area contributed by atoms with Crippen LogP contribution in [0, 0.1) is 22.7 Å². The van der Waals surface area contributed by atoms with E-state index in [1.165, 1.54) is 13.8 Å². The van der Waals surface area contributed by atoms with Gasteiger partial charge in [-0.15, -0.1) is 0 Å². The lowest BCUT2D eigenvalue weighted by molar-refractivity contribution is -0.189. The van der Waals surface area contributed by atoms with Crippen molar-refractivity contribution < 1.29 is 18.0 Å². The van der Waals surface area contributed by atoms with Crippen molar-refractivity contribution in [2.75, 3.05) is 13.1 Å². The molecule has 1 saturated heterocycles. The predicted molar refractivity (Wildman–Crippen MR) is 54.8 cm³/mol. The van der Waals surface area contributed by atoms with Crippen LogP contribution in [0.4, 0.5) is 13.2 Å². The van der Waals surface area contributed by atoms with Crippen molar-refractivity contribution in [2.45, 2.75) is 32.9 Å². The van der Waals surface area contributed by atoms with Crippen molar-refractivity contribution in [3.05, 3.63) is 0 Å². The molecule has 0 aromatic carbocycles. The molecule has 1 aliphatic heterocycles. The Morgan fingerprint density at radius 3 is 2.47 bits per heavy atom. The first-order valence-electron chi connectivity index (χ1n) is 5.46. The monoisotopic (exact) mass is 248 g/mol. The summed E-state index contributed by atoms with van der Waals surface area (Å²) in [6, 6.07) is 1.82. The van der Waals surface area contributed by atoms with E-state index in [-0.39, 0.29) is 13.0 Å². The van der Waals surface area contributed by atoms with E-state index in [4.69, 9.17) is 5.26 Å². The molecule has 1 rings (SSSR count). The minimum atomic E-state index is -4.27. The highest BCUT2D eigenvalue weighted by atomic mass is 19.4. The largest absolute Gasteiger partial charge is 0.393 e. The minimum absolute atomic E-state index is 0.0558. The number of halogens is 3. The summed E-state index contributed by atoms with van der Waals surface area (Å²) in [5.74, 6) is -1.98. The highest BCUT2D eigenvalue weighted by molar-refractivity contribution is 5.84. The first kappa shape index (κ1) is 13.8. The summed E-state index contributed by atoms with van der Waals surface area (Å²) < 4.78 is 37.7. The van der Waals surface area contributed by atoms with Crippen molar-refractivity contribution >= 4 is 5.91 Å². The third-order valence-electron chi connectivity index (χ3n) is 2.99. The standard InChI is InChI=1S/C11H15F3N2O/c1-10(2,7-15)9(17)16-5-3-4-8(6-16)11(12,13)14/h8H,3-6H2,1-2H3. The van der Waals surface area contributed by atoms with Gasteiger partial charge in [-0.3, -0.25) is 4.79 Å². The molecular formula is C11H15F3N2O. The number of piperidine rings is 1. The molecule has 17 heavy (non-hydrogen) atoms. The van der Waals surface area contributed by atoms with Gasteiger partial charge < -0.3 is 4.90 Å². The van der Waals surface area contributed by atoms with Crippen LogP contribution >= 0.6 is 0 Å². The van der Waals surface area contributed by atoms with E-state index in [2.05, 4.69) is 0 Å². The number of likely N-dealkylation sites (tertiary alicyclic amines) is 1. The second-order valence-corrected chi connectivity index (χ2v) is 4.87. The lowest BCUT2D eigenvalue weighted by Gasteiger charge is -2.36. The molecule has 1 heterocycles. The molecule has 0 saturated carbocycles. The molecule has 0 aromatic heterocycles. The van der Waals surface area contributed by atoms with E-state index >= 15 is 0 Å². The summed E-state index contributed by atoms with van der Waals surface area (Å²) in [6.07, 6.45) is -3.88. The maximum Gasteiger partial charge on any atom is 0.393 e. The van der Waals surface area contributed by atoms with Gasteiger partial charge in [0.1, 0.15) is 5.41 Å². The van der Waals surface area contributed by atoms with Crippen molar-refractivity contribution in [3.8, 4) is 6.07 Å². The number of rotatable bonds is 1. The van der Waals surface area contributed by atoms with E-state index in [0.29, 0.717) is 13.0 Å². The Morgan fingerprint density at radius 1 is 1.41 bits per heavy atom. The van der Waals surface area contributed by atoms with Gasteiger partial charge in [0.25, 0.3) is 0 Å². The lowest BCUT2D eigenvalue weighted by Crippen LogP contribution is -2.48. The number of alkyl halides is 3. The van der Waals surface area contributed by atoms with Gasteiger partial charge in [-0.1, -0.05) is 0 Å². The Hall–Kier alpha value is -1.25. The number of hydrogen-bond donors (Lipinski definition) is 0. The zero-order valence-corrected chi connectivity index (χ0v) is 9.84. The Kier molecular flexibility index (Phi) is 3.70. The normalized spacial score (nSPS) is 22.1. The molecule has 1 atom stereocenters. The molecule has 1 unspecified atom stereocenters. The van der Waals surface area contributed by atoms with Crippen molar-refractivity contribution in [2.24, 2.45) is 11.3 Å². The summed E-state index contributed by atoms with van der Waals surface area (Å²) in [6.45, 7) is 2.82. The summed E-state index contributed by atoms with van der Waals surface area (Å²) in [5.41, 5.74) is -1.26. The topological polar surface area (TPSA) is 44.1 Å². The molecule has 1 amide bonds. The smallest absolute Gasteiger partial charge is 0.341 e. The fourth-order valence-corrected chi connectivity index (χ4v) is 1.87. The van der Waals surface area contributed by atoms with Gasteiger partial charge in [0.05, 0.1) is 12.0 Å². The second kappa shape index (κ2) is 4.55. The summed E-state index contributed by atoms with van der Waals surface area (Å²) >= 11 is 0.